The topological polar surface area (TPSA) is 92.2 Å². The largest absolute Gasteiger partial charge is 0.481 e. The van der Waals surface area contributed by atoms with Gasteiger partial charge in [-0.2, -0.15) is 0 Å². The molecule has 6 nitrogen and oxygen atoms in total. The van der Waals surface area contributed by atoms with E-state index >= 15 is 0 Å². The van der Waals surface area contributed by atoms with Gasteiger partial charge in [-0.25, -0.2) is 0 Å². The number of amides is 1. The van der Waals surface area contributed by atoms with Gasteiger partial charge in [0, 0.05) is 12.5 Å². The fourth-order valence-electron chi connectivity index (χ4n) is 1.70. The van der Waals surface area contributed by atoms with Crippen LogP contribution in [0.15, 0.2) is 0 Å². The smallest absolute Gasteiger partial charge is 0.303 e. The normalized spacial score (nSPS) is 12.1. The highest BCUT2D eigenvalue weighted by Gasteiger charge is 2.17. The maximum absolute atomic E-state index is 12.0. The second-order valence-corrected chi connectivity index (χ2v) is 5.21. The Bertz CT molecular complexity index is 434. The molecule has 1 atom stereocenters. The molecule has 0 aliphatic carbocycles. The molecular formula is C12H19N3O3S. The Balaban J connectivity index is 2.45. The molecule has 19 heavy (non-hydrogen) atoms. The first-order valence-electron chi connectivity index (χ1n) is 6.38. The Kier molecular flexibility index (Phi) is 6.41. The first-order chi connectivity index (χ1) is 9.04. The van der Waals surface area contributed by atoms with Crippen LogP contribution in [0.2, 0.25) is 0 Å². The Morgan fingerprint density at radius 1 is 1.47 bits per heavy atom. The van der Waals surface area contributed by atoms with Gasteiger partial charge in [-0.05, 0) is 37.7 Å². The summed E-state index contributed by atoms with van der Waals surface area (Å²) >= 11 is 1.10. The lowest BCUT2D eigenvalue weighted by molar-refractivity contribution is -0.137. The molecule has 0 fully saturated rings. The molecule has 0 aromatic carbocycles. The minimum Gasteiger partial charge on any atom is -0.481 e. The molecule has 0 bridgehead atoms. The minimum absolute atomic E-state index is 0.0524. The molecule has 0 radical (unpaired) electrons. The fourth-order valence-corrected chi connectivity index (χ4v) is 2.31. The average Bonchev–Trinajstić information content (AvgIpc) is 2.77. The number of hydrogen-bond donors (Lipinski definition) is 2. The molecule has 0 spiro atoms. The minimum atomic E-state index is -0.810. The molecular weight excluding hydrogens is 266 g/mol. The van der Waals surface area contributed by atoms with Crippen molar-refractivity contribution in [2.45, 2.75) is 52.0 Å². The van der Waals surface area contributed by atoms with Gasteiger partial charge in [0.2, 0.25) is 0 Å². The fraction of sp³-hybridized carbons (Fsp3) is 0.667. The third kappa shape index (κ3) is 5.34. The Labute approximate surface area is 116 Å². The molecule has 0 aliphatic rings. The molecule has 7 heteroatoms. The van der Waals surface area contributed by atoms with Crippen molar-refractivity contribution in [2.24, 2.45) is 0 Å². The third-order valence-electron chi connectivity index (χ3n) is 2.65. The summed E-state index contributed by atoms with van der Waals surface area (Å²) in [5.74, 6) is -0.975. The molecule has 1 aromatic heterocycles. The predicted molar refractivity (Wildman–Crippen MR) is 72.3 cm³/mol. The van der Waals surface area contributed by atoms with Gasteiger partial charge in [0.1, 0.15) is 4.88 Å². The van der Waals surface area contributed by atoms with Gasteiger partial charge >= 0.3 is 5.97 Å². The zero-order valence-electron chi connectivity index (χ0n) is 11.2. The van der Waals surface area contributed by atoms with E-state index in [0.717, 1.165) is 30.1 Å². The lowest BCUT2D eigenvalue weighted by atomic mass is 10.1. The highest BCUT2D eigenvalue weighted by Crippen LogP contribution is 2.13. The highest BCUT2D eigenvalue weighted by molar-refractivity contribution is 7.08. The quantitative estimate of drug-likeness (QED) is 0.760. The maximum atomic E-state index is 12.0. The zero-order valence-corrected chi connectivity index (χ0v) is 12.0. The summed E-state index contributed by atoms with van der Waals surface area (Å²) in [6.45, 7) is 3.89. The first kappa shape index (κ1) is 15.6. The van der Waals surface area contributed by atoms with E-state index in [2.05, 4.69) is 14.9 Å². The van der Waals surface area contributed by atoms with Crippen molar-refractivity contribution in [3.8, 4) is 0 Å². The molecule has 0 aliphatic heterocycles. The van der Waals surface area contributed by atoms with Gasteiger partial charge in [0.05, 0.1) is 5.69 Å². The van der Waals surface area contributed by atoms with Crippen molar-refractivity contribution in [1.82, 2.24) is 14.9 Å². The molecule has 106 valence electrons. The summed E-state index contributed by atoms with van der Waals surface area (Å²) in [5, 5.41) is 15.4. The lowest BCUT2D eigenvalue weighted by Gasteiger charge is -2.12. The number of nitrogens with one attached hydrogen (secondary N) is 1. The monoisotopic (exact) mass is 285 g/mol. The molecule has 1 aromatic rings. The number of carboxylic acids is 1. The van der Waals surface area contributed by atoms with Gasteiger partial charge in [-0.15, -0.1) is 5.10 Å². The summed E-state index contributed by atoms with van der Waals surface area (Å²) in [6.07, 6.45) is 2.99. The van der Waals surface area contributed by atoms with Gasteiger partial charge in [0.15, 0.2) is 0 Å². The molecule has 1 amide bonds. The Hall–Kier alpha value is -1.50. The van der Waals surface area contributed by atoms with Crippen LogP contribution in [0.5, 0.6) is 0 Å². The number of carbonyl (C=O) groups excluding carboxylic acids is 1. The van der Waals surface area contributed by atoms with Crippen LogP contribution in [-0.2, 0) is 11.2 Å². The SMILES string of the molecule is CCCc1nnsc1C(=O)NC(C)CCCC(=O)O. The Morgan fingerprint density at radius 2 is 2.21 bits per heavy atom. The van der Waals surface area contributed by atoms with E-state index in [-0.39, 0.29) is 18.4 Å². The van der Waals surface area contributed by atoms with Crippen molar-refractivity contribution >= 4 is 23.4 Å². The standard InChI is InChI=1S/C12H19N3O3S/c1-3-5-9-11(19-15-14-9)12(18)13-8(2)6-4-7-10(16)17/h8H,3-7H2,1-2H3,(H,13,18)(H,16,17). The van der Waals surface area contributed by atoms with Crippen molar-refractivity contribution < 1.29 is 14.7 Å². The highest BCUT2D eigenvalue weighted by atomic mass is 32.1. The van der Waals surface area contributed by atoms with Gasteiger partial charge in [0.25, 0.3) is 5.91 Å². The maximum Gasteiger partial charge on any atom is 0.303 e. The van der Waals surface area contributed by atoms with E-state index in [1.165, 1.54) is 0 Å². The first-order valence-corrected chi connectivity index (χ1v) is 7.15. The van der Waals surface area contributed by atoms with Gasteiger partial charge < -0.3 is 10.4 Å². The van der Waals surface area contributed by atoms with Crippen LogP contribution in [-0.4, -0.2) is 32.6 Å². The average molecular weight is 285 g/mol. The molecule has 0 saturated heterocycles. The molecule has 1 rings (SSSR count). The van der Waals surface area contributed by atoms with Crippen LogP contribution >= 0.6 is 11.5 Å². The zero-order chi connectivity index (χ0) is 14.3. The number of carbonyl (C=O) groups is 2. The second kappa shape index (κ2) is 7.83. The van der Waals surface area contributed by atoms with Crippen LogP contribution in [0.1, 0.15) is 54.9 Å². The number of aryl methyl sites for hydroxylation is 1. The summed E-state index contributed by atoms with van der Waals surface area (Å²) in [4.78, 5) is 23.0. The van der Waals surface area contributed by atoms with Crippen molar-refractivity contribution in [3.63, 3.8) is 0 Å². The number of carboxylic acid groups (broad SMARTS) is 1. The number of aromatic nitrogens is 2. The predicted octanol–water partition coefficient (Wildman–Crippen LogP) is 1.86. The summed E-state index contributed by atoms with van der Waals surface area (Å²) < 4.78 is 3.81. The molecule has 2 N–H and O–H groups in total. The van der Waals surface area contributed by atoms with Crippen molar-refractivity contribution in [1.29, 1.82) is 0 Å². The van der Waals surface area contributed by atoms with Crippen molar-refractivity contribution in [3.05, 3.63) is 10.6 Å². The second-order valence-electron chi connectivity index (χ2n) is 4.46. The van der Waals surface area contributed by atoms with Gasteiger partial charge in [-0.3, -0.25) is 9.59 Å². The van der Waals surface area contributed by atoms with Crippen LogP contribution in [0.25, 0.3) is 0 Å². The Morgan fingerprint density at radius 3 is 2.84 bits per heavy atom. The van der Waals surface area contributed by atoms with Gasteiger partial charge in [-0.1, -0.05) is 17.8 Å². The van der Waals surface area contributed by atoms with E-state index in [1.54, 1.807) is 0 Å². The van der Waals surface area contributed by atoms with E-state index in [0.29, 0.717) is 17.7 Å². The number of nitrogens with zero attached hydrogens (tertiary/aromatic N) is 2. The lowest BCUT2D eigenvalue weighted by Crippen LogP contribution is -2.32. The molecule has 1 unspecified atom stereocenters. The van der Waals surface area contributed by atoms with E-state index in [1.807, 2.05) is 13.8 Å². The van der Waals surface area contributed by atoms with Crippen LogP contribution < -0.4 is 5.32 Å². The summed E-state index contributed by atoms with van der Waals surface area (Å²) in [5.41, 5.74) is 0.739. The number of hydrogen-bond acceptors (Lipinski definition) is 5. The van der Waals surface area contributed by atoms with E-state index in [4.69, 9.17) is 5.11 Å². The van der Waals surface area contributed by atoms with Crippen LogP contribution in [0, 0.1) is 0 Å². The van der Waals surface area contributed by atoms with Crippen molar-refractivity contribution in [2.75, 3.05) is 0 Å². The van der Waals surface area contributed by atoms with Crippen LogP contribution in [0.3, 0.4) is 0 Å². The number of rotatable bonds is 8. The molecule has 0 saturated carbocycles. The molecule has 1 heterocycles. The third-order valence-corrected chi connectivity index (χ3v) is 3.42. The summed E-state index contributed by atoms with van der Waals surface area (Å²) in [6, 6.07) is -0.0524. The number of aliphatic carboxylic acids is 1. The summed E-state index contributed by atoms with van der Waals surface area (Å²) in [7, 11) is 0. The van der Waals surface area contributed by atoms with E-state index in [9.17, 15) is 9.59 Å². The van der Waals surface area contributed by atoms with Crippen LogP contribution in [0.4, 0.5) is 0 Å². The van der Waals surface area contributed by atoms with E-state index < -0.39 is 5.97 Å².